The molecule has 0 atom stereocenters. The van der Waals surface area contributed by atoms with Crippen molar-refractivity contribution in [2.75, 3.05) is 13.7 Å². The van der Waals surface area contributed by atoms with Crippen LogP contribution in [0.2, 0.25) is 0 Å². The lowest BCUT2D eigenvalue weighted by molar-refractivity contribution is 0.265. The van der Waals surface area contributed by atoms with Gasteiger partial charge in [0.25, 0.3) is 0 Å². The molecular weight excluding hydrogens is 338 g/mol. The van der Waals surface area contributed by atoms with E-state index in [1.807, 2.05) is 49.4 Å². The highest BCUT2D eigenvalue weighted by Crippen LogP contribution is 2.28. The number of hydrogen-bond donors (Lipinski definition) is 2. The van der Waals surface area contributed by atoms with E-state index in [0.29, 0.717) is 24.7 Å². The molecule has 7 heteroatoms. The highest BCUT2D eigenvalue weighted by molar-refractivity contribution is 7.80. The summed E-state index contributed by atoms with van der Waals surface area (Å²) in [6.45, 7) is 2.84. The molecule has 0 saturated heterocycles. The number of nitrogens with two attached hydrogens (primary N) is 1. The molecular formula is C18H21N3O3S. The third-order valence-electron chi connectivity index (χ3n) is 3.22. The van der Waals surface area contributed by atoms with Crippen molar-refractivity contribution in [2.45, 2.75) is 13.5 Å². The molecule has 0 radical (unpaired) electrons. The number of hydrazone groups is 1. The Balaban J connectivity index is 2.15. The number of rotatable bonds is 8. The first-order chi connectivity index (χ1) is 12.1. The van der Waals surface area contributed by atoms with Crippen LogP contribution in [0.1, 0.15) is 18.1 Å². The molecule has 0 bridgehead atoms. The molecule has 0 aliphatic rings. The quantitative estimate of drug-likeness (QED) is 0.429. The van der Waals surface area contributed by atoms with E-state index in [1.165, 1.54) is 0 Å². The largest absolute Gasteiger partial charge is 0.496 e. The van der Waals surface area contributed by atoms with Crippen molar-refractivity contribution in [3.8, 4) is 17.2 Å². The minimum Gasteiger partial charge on any atom is -0.496 e. The summed E-state index contributed by atoms with van der Waals surface area (Å²) in [7, 11) is 1.62. The number of hydrogen-bond acceptors (Lipinski definition) is 5. The van der Waals surface area contributed by atoms with E-state index in [4.69, 9.17) is 32.2 Å². The third-order valence-corrected chi connectivity index (χ3v) is 3.32. The van der Waals surface area contributed by atoms with E-state index in [0.717, 1.165) is 16.9 Å². The van der Waals surface area contributed by atoms with Gasteiger partial charge in [0, 0.05) is 5.56 Å². The number of methoxy groups -OCH3 is 1. The van der Waals surface area contributed by atoms with Gasteiger partial charge in [-0.3, -0.25) is 5.43 Å². The van der Waals surface area contributed by atoms with Gasteiger partial charge in [-0.05, 0) is 55.0 Å². The average molecular weight is 359 g/mol. The van der Waals surface area contributed by atoms with Crippen LogP contribution in [0.5, 0.6) is 17.2 Å². The van der Waals surface area contributed by atoms with Gasteiger partial charge in [-0.2, -0.15) is 5.10 Å². The number of para-hydroxylation sites is 2. The molecule has 0 spiro atoms. The van der Waals surface area contributed by atoms with Gasteiger partial charge in [-0.25, -0.2) is 0 Å². The molecule has 3 N–H and O–H groups in total. The second-order valence-corrected chi connectivity index (χ2v) is 5.41. The summed E-state index contributed by atoms with van der Waals surface area (Å²) in [6.07, 6.45) is 1.62. The summed E-state index contributed by atoms with van der Waals surface area (Å²) in [6, 6.07) is 13.2. The van der Waals surface area contributed by atoms with Crippen molar-refractivity contribution in [3.05, 3.63) is 53.6 Å². The lowest BCUT2D eigenvalue weighted by Crippen LogP contribution is -2.24. The van der Waals surface area contributed by atoms with E-state index in [2.05, 4.69) is 10.5 Å². The lowest BCUT2D eigenvalue weighted by atomic mass is 10.1. The van der Waals surface area contributed by atoms with Crippen LogP contribution in [0.15, 0.2) is 47.6 Å². The van der Waals surface area contributed by atoms with Gasteiger partial charge in [0.2, 0.25) is 0 Å². The van der Waals surface area contributed by atoms with Crippen LogP contribution in [-0.2, 0) is 6.61 Å². The minimum absolute atomic E-state index is 0.112. The Hall–Kier alpha value is -2.80. The van der Waals surface area contributed by atoms with Crippen molar-refractivity contribution in [2.24, 2.45) is 10.8 Å². The van der Waals surface area contributed by atoms with Gasteiger partial charge in [0.15, 0.2) is 16.6 Å². The van der Waals surface area contributed by atoms with E-state index < -0.39 is 0 Å². The molecule has 0 amide bonds. The maximum absolute atomic E-state index is 5.91. The first kappa shape index (κ1) is 18.5. The number of nitrogens with one attached hydrogen (secondary N) is 1. The SMILES string of the molecule is CCOc1ccccc1OCc1cc(C=NNC(N)=S)ccc1OC. The highest BCUT2D eigenvalue weighted by atomic mass is 32.1. The second kappa shape index (κ2) is 9.48. The highest BCUT2D eigenvalue weighted by Gasteiger charge is 2.08. The van der Waals surface area contributed by atoms with Crippen LogP contribution < -0.4 is 25.4 Å². The van der Waals surface area contributed by atoms with E-state index in [9.17, 15) is 0 Å². The Morgan fingerprint density at radius 3 is 2.52 bits per heavy atom. The van der Waals surface area contributed by atoms with E-state index >= 15 is 0 Å². The summed E-state index contributed by atoms with van der Waals surface area (Å²) in [5.74, 6) is 2.12. The summed E-state index contributed by atoms with van der Waals surface area (Å²) in [5.41, 5.74) is 9.60. The molecule has 2 rings (SSSR count). The Kier molecular flexibility index (Phi) is 7.03. The monoisotopic (exact) mass is 359 g/mol. The van der Waals surface area contributed by atoms with Gasteiger partial charge in [0.05, 0.1) is 19.9 Å². The summed E-state index contributed by atoms with van der Waals surface area (Å²) in [4.78, 5) is 0. The Morgan fingerprint density at radius 1 is 1.16 bits per heavy atom. The van der Waals surface area contributed by atoms with Crippen molar-refractivity contribution in [3.63, 3.8) is 0 Å². The molecule has 0 aromatic heterocycles. The van der Waals surface area contributed by atoms with Crippen LogP contribution in [0.4, 0.5) is 0 Å². The number of thiocarbonyl (C=S) groups is 1. The van der Waals surface area contributed by atoms with Crippen LogP contribution in [0, 0.1) is 0 Å². The molecule has 0 aliphatic heterocycles. The van der Waals surface area contributed by atoms with Crippen LogP contribution in [-0.4, -0.2) is 25.0 Å². The Morgan fingerprint density at radius 2 is 1.88 bits per heavy atom. The second-order valence-electron chi connectivity index (χ2n) is 4.97. The Labute approximate surface area is 152 Å². The van der Waals surface area contributed by atoms with E-state index in [-0.39, 0.29) is 5.11 Å². The molecule has 2 aromatic rings. The Bertz CT molecular complexity index is 750. The zero-order chi connectivity index (χ0) is 18.1. The van der Waals surface area contributed by atoms with Gasteiger partial charge < -0.3 is 19.9 Å². The van der Waals surface area contributed by atoms with Crippen molar-refractivity contribution < 1.29 is 14.2 Å². The molecule has 0 aliphatic carbocycles. The molecule has 6 nitrogen and oxygen atoms in total. The smallest absolute Gasteiger partial charge is 0.184 e. The first-order valence-electron chi connectivity index (χ1n) is 7.74. The molecule has 0 heterocycles. The van der Waals surface area contributed by atoms with Crippen molar-refractivity contribution >= 4 is 23.5 Å². The minimum atomic E-state index is 0.112. The zero-order valence-electron chi connectivity index (χ0n) is 14.2. The molecule has 2 aromatic carbocycles. The number of benzene rings is 2. The average Bonchev–Trinajstić information content (AvgIpc) is 2.61. The van der Waals surface area contributed by atoms with Crippen molar-refractivity contribution in [1.29, 1.82) is 0 Å². The molecule has 132 valence electrons. The summed E-state index contributed by atoms with van der Waals surface area (Å²) in [5, 5.41) is 4.06. The van der Waals surface area contributed by atoms with Gasteiger partial charge in [0.1, 0.15) is 12.4 Å². The van der Waals surface area contributed by atoms with Crippen LogP contribution >= 0.6 is 12.2 Å². The summed E-state index contributed by atoms with van der Waals surface area (Å²) >= 11 is 4.71. The fourth-order valence-electron chi connectivity index (χ4n) is 2.16. The standard InChI is InChI=1S/C18H21N3O3S/c1-3-23-16-6-4-5-7-17(16)24-12-14-10-13(8-9-15(14)22-2)11-20-21-18(19)25/h4-11H,3,12H2,1-2H3,(H3,19,21,25). The fraction of sp³-hybridized carbons (Fsp3) is 0.222. The lowest BCUT2D eigenvalue weighted by Gasteiger charge is -2.14. The fourth-order valence-corrected chi connectivity index (χ4v) is 2.21. The van der Waals surface area contributed by atoms with Crippen LogP contribution in [0.3, 0.4) is 0 Å². The first-order valence-corrected chi connectivity index (χ1v) is 8.15. The van der Waals surface area contributed by atoms with Crippen molar-refractivity contribution in [1.82, 2.24) is 5.43 Å². The summed E-state index contributed by atoms with van der Waals surface area (Å²) < 4.78 is 16.9. The van der Waals surface area contributed by atoms with Gasteiger partial charge >= 0.3 is 0 Å². The van der Waals surface area contributed by atoms with E-state index in [1.54, 1.807) is 13.3 Å². The molecule has 25 heavy (non-hydrogen) atoms. The predicted molar refractivity (Wildman–Crippen MR) is 102 cm³/mol. The maximum atomic E-state index is 5.91. The topological polar surface area (TPSA) is 78.1 Å². The molecule has 0 fully saturated rings. The van der Waals surface area contributed by atoms with Gasteiger partial charge in [-0.1, -0.05) is 12.1 Å². The van der Waals surface area contributed by atoms with Gasteiger partial charge in [-0.15, -0.1) is 0 Å². The normalized spacial score (nSPS) is 10.5. The maximum Gasteiger partial charge on any atom is 0.184 e. The zero-order valence-corrected chi connectivity index (χ0v) is 15.0. The molecule has 0 saturated carbocycles. The number of ether oxygens (including phenoxy) is 3. The van der Waals surface area contributed by atoms with Crippen LogP contribution in [0.25, 0.3) is 0 Å². The number of nitrogens with zero attached hydrogens (tertiary/aromatic N) is 1. The molecule has 0 unspecified atom stereocenters. The predicted octanol–water partition coefficient (Wildman–Crippen LogP) is 2.84. The third kappa shape index (κ3) is 5.65.